The molecular weight excluding hydrogens is 363 g/mol. The fourth-order valence-electron chi connectivity index (χ4n) is 3.59. The summed E-state index contributed by atoms with van der Waals surface area (Å²) in [5.41, 5.74) is 3.96. The van der Waals surface area contributed by atoms with Gasteiger partial charge in [0.1, 0.15) is 18.2 Å². The summed E-state index contributed by atoms with van der Waals surface area (Å²) in [7, 11) is 0. The lowest BCUT2D eigenvalue weighted by molar-refractivity contribution is 0.0301. The second-order valence-electron chi connectivity index (χ2n) is 7.34. The lowest BCUT2D eigenvalue weighted by Crippen LogP contribution is -2.17. The summed E-state index contributed by atoms with van der Waals surface area (Å²) in [5.74, 6) is 0.728. The van der Waals surface area contributed by atoms with E-state index in [9.17, 15) is 4.39 Å². The van der Waals surface area contributed by atoms with Gasteiger partial charge in [0.2, 0.25) is 0 Å². The summed E-state index contributed by atoms with van der Waals surface area (Å²) in [6.07, 6.45) is 1.80. The van der Waals surface area contributed by atoms with E-state index in [-0.39, 0.29) is 11.9 Å². The maximum Gasteiger partial charge on any atom is 0.119 e. The number of allylic oxidation sites excluding steroid dienone is 1. The van der Waals surface area contributed by atoms with Gasteiger partial charge in [-0.2, -0.15) is 0 Å². The van der Waals surface area contributed by atoms with E-state index < -0.39 is 0 Å². The minimum Gasteiger partial charge on any atom is -0.489 e. The van der Waals surface area contributed by atoms with E-state index in [0.717, 1.165) is 34.4 Å². The third kappa shape index (κ3) is 5.33. The van der Waals surface area contributed by atoms with Crippen LogP contribution in [0, 0.1) is 0 Å². The highest BCUT2D eigenvalue weighted by Crippen LogP contribution is 2.35. The van der Waals surface area contributed by atoms with Crippen LogP contribution in [0.2, 0.25) is 0 Å². The average Bonchev–Trinajstić information content (AvgIpc) is 2.78. The first-order chi connectivity index (χ1) is 14.3. The molecule has 0 radical (unpaired) electrons. The Bertz CT molecular complexity index is 933. The van der Waals surface area contributed by atoms with Crippen molar-refractivity contribution in [2.75, 3.05) is 0 Å². The monoisotopic (exact) mass is 388 g/mol. The highest BCUT2D eigenvalue weighted by molar-refractivity contribution is 5.68. The average molecular weight is 388 g/mol. The molecule has 0 heterocycles. The van der Waals surface area contributed by atoms with Gasteiger partial charge in [0, 0.05) is 6.42 Å². The summed E-state index contributed by atoms with van der Waals surface area (Å²) in [4.78, 5) is 0. The molecule has 148 valence electrons. The highest BCUT2D eigenvalue weighted by Gasteiger charge is 2.23. The molecule has 0 N–H and O–H groups in total. The van der Waals surface area contributed by atoms with Crippen LogP contribution in [0.15, 0.2) is 90.8 Å². The van der Waals surface area contributed by atoms with Crippen molar-refractivity contribution in [3.8, 4) is 5.75 Å². The van der Waals surface area contributed by atoms with Crippen molar-refractivity contribution in [2.24, 2.45) is 0 Å². The largest absolute Gasteiger partial charge is 0.489 e. The zero-order valence-corrected chi connectivity index (χ0v) is 16.4. The molecule has 3 heteroatoms. The molecule has 1 aliphatic carbocycles. The number of benzene rings is 3. The molecule has 0 amide bonds. The lowest BCUT2D eigenvalue weighted by Gasteiger charge is -2.24. The van der Waals surface area contributed by atoms with Crippen molar-refractivity contribution in [1.29, 1.82) is 0 Å². The molecule has 2 nitrogen and oxygen atoms in total. The first-order valence-electron chi connectivity index (χ1n) is 10.1. The van der Waals surface area contributed by atoms with Crippen molar-refractivity contribution in [1.82, 2.24) is 0 Å². The van der Waals surface area contributed by atoms with Crippen LogP contribution in [0.1, 0.15) is 36.0 Å². The molecule has 0 fully saturated rings. The minimum atomic E-state index is -0.0627. The highest BCUT2D eigenvalue weighted by atomic mass is 19.1. The minimum absolute atomic E-state index is 0.0626. The maximum atomic E-state index is 14.7. The molecule has 0 saturated heterocycles. The lowest BCUT2D eigenvalue weighted by atomic mass is 9.91. The molecule has 0 bridgehead atoms. The van der Waals surface area contributed by atoms with Crippen molar-refractivity contribution in [3.05, 3.63) is 107 Å². The Labute approximate surface area is 171 Å². The topological polar surface area (TPSA) is 18.5 Å². The quantitative estimate of drug-likeness (QED) is 0.447. The number of halogens is 1. The molecule has 0 spiro atoms. The Morgan fingerprint density at radius 3 is 2.00 bits per heavy atom. The molecule has 0 aromatic heterocycles. The predicted molar refractivity (Wildman–Crippen MR) is 114 cm³/mol. The number of ether oxygens (including phenoxy) is 2. The number of hydrogen-bond acceptors (Lipinski definition) is 2. The Kier molecular flexibility index (Phi) is 6.38. The van der Waals surface area contributed by atoms with Crippen LogP contribution in [-0.2, 0) is 18.0 Å². The van der Waals surface area contributed by atoms with Crippen LogP contribution in [0.25, 0.3) is 5.57 Å². The summed E-state index contributed by atoms with van der Waals surface area (Å²) in [6.45, 7) is 1.05. The fourth-order valence-corrected chi connectivity index (χ4v) is 3.59. The van der Waals surface area contributed by atoms with Gasteiger partial charge in [0.15, 0.2) is 0 Å². The van der Waals surface area contributed by atoms with Crippen LogP contribution in [0.5, 0.6) is 5.75 Å². The van der Waals surface area contributed by atoms with E-state index in [1.54, 1.807) is 0 Å². The van der Waals surface area contributed by atoms with E-state index in [0.29, 0.717) is 26.1 Å². The predicted octanol–water partition coefficient (Wildman–Crippen LogP) is 6.72. The van der Waals surface area contributed by atoms with E-state index in [1.165, 1.54) is 0 Å². The zero-order valence-electron chi connectivity index (χ0n) is 16.4. The molecule has 4 rings (SSSR count). The molecule has 29 heavy (non-hydrogen) atoms. The van der Waals surface area contributed by atoms with Crippen LogP contribution in [0.3, 0.4) is 0 Å². The van der Waals surface area contributed by atoms with Crippen LogP contribution < -0.4 is 4.74 Å². The molecule has 1 aliphatic rings. The third-order valence-electron chi connectivity index (χ3n) is 5.23. The summed E-state index contributed by atoms with van der Waals surface area (Å²) in [5, 5.41) is 0. The summed E-state index contributed by atoms with van der Waals surface area (Å²) in [6, 6.07) is 27.8. The van der Waals surface area contributed by atoms with Gasteiger partial charge in [-0.05, 0) is 47.2 Å². The molecular formula is C26H25FO2. The van der Waals surface area contributed by atoms with E-state index in [4.69, 9.17) is 9.47 Å². The number of rotatable bonds is 7. The van der Waals surface area contributed by atoms with Gasteiger partial charge in [-0.3, -0.25) is 0 Å². The Morgan fingerprint density at radius 1 is 0.759 bits per heavy atom. The summed E-state index contributed by atoms with van der Waals surface area (Å²) >= 11 is 0. The fraction of sp³-hybridized carbons (Fsp3) is 0.231. The van der Waals surface area contributed by atoms with Crippen LogP contribution in [0.4, 0.5) is 4.39 Å². The molecule has 0 saturated carbocycles. The van der Waals surface area contributed by atoms with Gasteiger partial charge < -0.3 is 9.47 Å². The van der Waals surface area contributed by atoms with E-state index >= 15 is 0 Å². The van der Waals surface area contributed by atoms with Crippen LogP contribution >= 0.6 is 0 Å². The SMILES string of the molecule is FC1=C(c2ccc(OCc3ccccc3)cc2)CCC(OCc2ccccc2)C1. The van der Waals surface area contributed by atoms with Gasteiger partial charge in [-0.15, -0.1) is 0 Å². The van der Waals surface area contributed by atoms with Crippen molar-refractivity contribution < 1.29 is 13.9 Å². The standard InChI is InChI=1S/C26H25FO2/c27-26-17-24(29-19-21-9-5-2-6-10-21)15-16-25(26)22-11-13-23(14-12-22)28-18-20-7-3-1-4-8-20/h1-14,24H,15-19H2. The van der Waals surface area contributed by atoms with Gasteiger partial charge in [0.05, 0.1) is 12.7 Å². The maximum absolute atomic E-state index is 14.7. The van der Waals surface area contributed by atoms with E-state index in [1.807, 2.05) is 84.9 Å². The first-order valence-corrected chi connectivity index (χ1v) is 10.1. The van der Waals surface area contributed by atoms with Gasteiger partial charge in [-0.25, -0.2) is 4.39 Å². The Morgan fingerprint density at radius 2 is 1.38 bits per heavy atom. The summed E-state index contributed by atoms with van der Waals surface area (Å²) < 4.78 is 26.5. The van der Waals surface area contributed by atoms with Gasteiger partial charge in [-0.1, -0.05) is 72.8 Å². The van der Waals surface area contributed by atoms with Crippen molar-refractivity contribution in [2.45, 2.75) is 38.6 Å². The second kappa shape index (κ2) is 9.53. The first kappa shape index (κ1) is 19.4. The Hall–Kier alpha value is -2.91. The molecule has 3 aromatic carbocycles. The second-order valence-corrected chi connectivity index (χ2v) is 7.34. The molecule has 3 aromatic rings. The van der Waals surface area contributed by atoms with Crippen molar-refractivity contribution in [3.63, 3.8) is 0 Å². The molecule has 1 unspecified atom stereocenters. The normalized spacial score (nSPS) is 16.7. The van der Waals surface area contributed by atoms with Gasteiger partial charge in [0.25, 0.3) is 0 Å². The Balaban J connectivity index is 1.33. The van der Waals surface area contributed by atoms with Gasteiger partial charge >= 0.3 is 0 Å². The third-order valence-corrected chi connectivity index (χ3v) is 5.23. The zero-order chi connectivity index (χ0) is 19.9. The van der Waals surface area contributed by atoms with Crippen LogP contribution in [-0.4, -0.2) is 6.10 Å². The van der Waals surface area contributed by atoms with Crippen molar-refractivity contribution >= 4 is 5.57 Å². The molecule has 1 atom stereocenters. The van der Waals surface area contributed by atoms with E-state index in [2.05, 4.69) is 0 Å². The smallest absolute Gasteiger partial charge is 0.119 e. The molecule has 0 aliphatic heterocycles. The number of hydrogen-bond donors (Lipinski definition) is 0.